The molecule has 5 nitrogen and oxygen atoms in total. The van der Waals surface area contributed by atoms with Gasteiger partial charge < -0.3 is 10.1 Å². The van der Waals surface area contributed by atoms with Gasteiger partial charge in [-0.15, -0.1) is 0 Å². The maximum Gasteiger partial charge on any atom is 0.260 e. The Morgan fingerprint density at radius 1 is 1.14 bits per heavy atom. The minimum absolute atomic E-state index is 0.0694. The van der Waals surface area contributed by atoms with Gasteiger partial charge in [0, 0.05) is 11.8 Å². The van der Waals surface area contributed by atoms with Crippen LogP contribution in [0.5, 0.6) is 5.75 Å². The number of aromatic nitrogens is 1. The van der Waals surface area contributed by atoms with E-state index in [2.05, 4.69) is 10.3 Å². The number of fused-ring (bicyclic) bond motifs is 1. The van der Waals surface area contributed by atoms with E-state index in [0.29, 0.717) is 22.7 Å². The highest BCUT2D eigenvalue weighted by Gasteiger charge is 2.29. The van der Waals surface area contributed by atoms with Gasteiger partial charge in [0.2, 0.25) is 5.78 Å². The number of benzene rings is 1. The Bertz CT molecular complexity index is 766. The summed E-state index contributed by atoms with van der Waals surface area (Å²) in [6.45, 7) is 0. The highest BCUT2D eigenvalue weighted by Crippen LogP contribution is 2.26. The van der Waals surface area contributed by atoms with Gasteiger partial charge in [-0.3, -0.25) is 9.59 Å². The van der Waals surface area contributed by atoms with Gasteiger partial charge in [-0.1, -0.05) is 18.2 Å². The first-order valence-corrected chi connectivity index (χ1v) is 6.36. The zero-order valence-electron chi connectivity index (χ0n) is 11.3. The molecule has 0 saturated heterocycles. The molecule has 0 atom stereocenters. The topological polar surface area (TPSA) is 68.3 Å². The van der Waals surface area contributed by atoms with Crippen molar-refractivity contribution in [2.45, 2.75) is 0 Å². The number of Topliss-reactive ketones (excluding diaryl/α,β-unsaturated/α-hetero) is 1. The number of rotatable bonds is 2. The van der Waals surface area contributed by atoms with Gasteiger partial charge >= 0.3 is 0 Å². The Kier molecular flexibility index (Phi) is 3.23. The molecule has 0 saturated carbocycles. The summed E-state index contributed by atoms with van der Waals surface area (Å²) in [5.41, 5.74) is 1.13. The maximum atomic E-state index is 12.4. The van der Waals surface area contributed by atoms with E-state index in [1.165, 1.54) is 12.3 Å². The Hall–Kier alpha value is -2.95. The van der Waals surface area contributed by atoms with Crippen LogP contribution in [0.1, 0.15) is 15.9 Å². The molecule has 3 rings (SSSR count). The van der Waals surface area contributed by atoms with E-state index in [0.717, 1.165) is 0 Å². The number of carbonyl (C=O) groups is 2. The van der Waals surface area contributed by atoms with Crippen molar-refractivity contribution < 1.29 is 14.3 Å². The average Bonchev–Trinajstić information content (AvgIpc) is 2.52. The van der Waals surface area contributed by atoms with Crippen molar-refractivity contribution in [2.24, 2.45) is 0 Å². The molecular formula is C16H12N2O3. The number of nitrogens with one attached hydrogen (secondary N) is 1. The summed E-state index contributed by atoms with van der Waals surface area (Å²) in [4.78, 5) is 28.5. The van der Waals surface area contributed by atoms with E-state index in [-0.39, 0.29) is 11.4 Å². The molecule has 1 amide bonds. The summed E-state index contributed by atoms with van der Waals surface area (Å²) < 4.78 is 5.23. The number of ketones is 1. The molecule has 1 aliphatic heterocycles. The van der Waals surface area contributed by atoms with Gasteiger partial charge in [-0.05, 0) is 24.3 Å². The molecule has 0 spiro atoms. The number of hydrogen-bond donors (Lipinski definition) is 1. The van der Waals surface area contributed by atoms with Crippen LogP contribution >= 0.6 is 0 Å². The fourth-order valence-electron chi connectivity index (χ4n) is 2.18. The third-order valence-electron chi connectivity index (χ3n) is 3.21. The number of amides is 1. The van der Waals surface area contributed by atoms with Crippen LogP contribution in [-0.2, 0) is 4.79 Å². The number of ether oxygens (including phenoxy) is 1. The third-order valence-corrected chi connectivity index (χ3v) is 3.21. The molecule has 1 aromatic heterocycles. The largest absolute Gasteiger partial charge is 0.496 e. The molecule has 1 aliphatic rings. The van der Waals surface area contributed by atoms with Crippen molar-refractivity contribution in [3.63, 3.8) is 0 Å². The third kappa shape index (κ3) is 2.29. The van der Waals surface area contributed by atoms with E-state index < -0.39 is 5.91 Å². The molecule has 0 aliphatic carbocycles. The lowest BCUT2D eigenvalue weighted by Crippen LogP contribution is -2.28. The molecule has 0 fully saturated rings. The minimum atomic E-state index is -0.461. The Morgan fingerprint density at radius 3 is 2.76 bits per heavy atom. The van der Waals surface area contributed by atoms with E-state index in [4.69, 9.17) is 4.74 Å². The smallest absolute Gasteiger partial charge is 0.260 e. The first kappa shape index (κ1) is 13.1. The minimum Gasteiger partial charge on any atom is -0.496 e. The van der Waals surface area contributed by atoms with Crippen molar-refractivity contribution in [3.05, 3.63) is 59.3 Å². The number of hydrogen-bond acceptors (Lipinski definition) is 4. The van der Waals surface area contributed by atoms with Crippen LogP contribution in [0.15, 0.2) is 48.2 Å². The fourth-order valence-corrected chi connectivity index (χ4v) is 2.18. The lowest BCUT2D eigenvalue weighted by atomic mass is 9.97. The maximum absolute atomic E-state index is 12.4. The van der Waals surface area contributed by atoms with Crippen LogP contribution in [-0.4, -0.2) is 23.8 Å². The predicted molar refractivity (Wildman–Crippen MR) is 78.2 cm³/mol. The van der Waals surface area contributed by atoms with Crippen molar-refractivity contribution in [2.75, 3.05) is 12.4 Å². The van der Waals surface area contributed by atoms with Crippen LogP contribution in [0, 0.1) is 0 Å². The summed E-state index contributed by atoms with van der Waals surface area (Å²) in [7, 11) is 1.54. The van der Waals surface area contributed by atoms with Gasteiger partial charge in [0.1, 0.15) is 11.6 Å². The average molecular weight is 280 g/mol. The zero-order chi connectivity index (χ0) is 14.8. The van der Waals surface area contributed by atoms with Gasteiger partial charge in [-0.2, -0.15) is 0 Å². The molecule has 21 heavy (non-hydrogen) atoms. The highest BCUT2D eigenvalue weighted by molar-refractivity contribution is 6.35. The molecule has 2 aromatic rings. The molecule has 2 heterocycles. The number of carbonyl (C=O) groups excluding carboxylic acids is 2. The number of para-hydroxylation sites is 1. The monoisotopic (exact) mass is 280 g/mol. The molecule has 0 unspecified atom stereocenters. The van der Waals surface area contributed by atoms with Crippen LogP contribution in [0.25, 0.3) is 6.08 Å². The van der Waals surface area contributed by atoms with E-state index in [1.54, 1.807) is 31.4 Å². The Balaban J connectivity index is 2.09. The molecule has 104 valence electrons. The van der Waals surface area contributed by atoms with Crippen LogP contribution in [0.4, 0.5) is 5.82 Å². The molecule has 5 heteroatoms. The standard InChI is InChI=1S/C16H12N2O3/c1-21-13-7-3-2-5-10(13)9-12-14(19)11-6-4-8-17-15(11)18-16(12)20/h2-9H,1H3,(H,17,18,20). The number of pyridine rings is 1. The van der Waals surface area contributed by atoms with Gasteiger partial charge in [-0.25, -0.2) is 4.98 Å². The Morgan fingerprint density at radius 2 is 1.95 bits per heavy atom. The Labute approximate surface area is 121 Å². The molecule has 0 bridgehead atoms. The second kappa shape index (κ2) is 5.20. The van der Waals surface area contributed by atoms with Gasteiger partial charge in [0.25, 0.3) is 5.91 Å². The van der Waals surface area contributed by atoms with Gasteiger partial charge in [0.05, 0.1) is 18.2 Å². The molecule has 0 radical (unpaired) electrons. The van der Waals surface area contributed by atoms with Crippen molar-refractivity contribution in [3.8, 4) is 5.75 Å². The summed E-state index contributed by atoms with van der Waals surface area (Å²) in [5.74, 6) is 0.0946. The molecule has 1 aromatic carbocycles. The normalized spacial score (nSPS) is 15.6. The van der Waals surface area contributed by atoms with Gasteiger partial charge in [0.15, 0.2) is 0 Å². The van der Waals surface area contributed by atoms with Crippen molar-refractivity contribution >= 4 is 23.6 Å². The predicted octanol–water partition coefficient (Wildman–Crippen LogP) is 2.31. The van der Waals surface area contributed by atoms with Crippen molar-refractivity contribution in [1.82, 2.24) is 4.98 Å². The summed E-state index contributed by atoms with van der Waals surface area (Å²) in [6, 6.07) is 10.5. The van der Waals surface area contributed by atoms with E-state index >= 15 is 0 Å². The van der Waals surface area contributed by atoms with Crippen molar-refractivity contribution in [1.29, 1.82) is 0 Å². The number of anilines is 1. The van der Waals surface area contributed by atoms with E-state index in [1.807, 2.05) is 12.1 Å². The second-order valence-electron chi connectivity index (χ2n) is 4.48. The number of methoxy groups -OCH3 is 1. The summed E-state index contributed by atoms with van der Waals surface area (Å²) in [5, 5.41) is 2.62. The quantitative estimate of drug-likeness (QED) is 0.677. The lowest BCUT2D eigenvalue weighted by Gasteiger charge is -2.17. The first-order valence-electron chi connectivity index (χ1n) is 6.36. The van der Waals surface area contributed by atoms with Crippen LogP contribution in [0.3, 0.4) is 0 Å². The highest BCUT2D eigenvalue weighted by atomic mass is 16.5. The molecule has 1 N–H and O–H groups in total. The van der Waals surface area contributed by atoms with Crippen LogP contribution < -0.4 is 10.1 Å². The van der Waals surface area contributed by atoms with E-state index in [9.17, 15) is 9.59 Å². The zero-order valence-corrected chi connectivity index (χ0v) is 11.3. The lowest BCUT2D eigenvalue weighted by molar-refractivity contribution is -0.112. The molecular weight excluding hydrogens is 268 g/mol. The second-order valence-corrected chi connectivity index (χ2v) is 4.48. The van der Waals surface area contributed by atoms with Crippen LogP contribution in [0.2, 0.25) is 0 Å². The summed E-state index contributed by atoms with van der Waals surface area (Å²) >= 11 is 0. The first-order chi connectivity index (χ1) is 10.2. The SMILES string of the molecule is COc1ccccc1C=C1C(=O)Nc2ncccc2C1=O. The number of nitrogens with zero attached hydrogens (tertiary/aromatic N) is 1. The fraction of sp³-hybridized carbons (Fsp3) is 0.0625. The summed E-state index contributed by atoms with van der Waals surface area (Å²) in [6.07, 6.45) is 3.06.